The second kappa shape index (κ2) is 24.0. The minimum atomic E-state index is -1.42. The Morgan fingerprint density at radius 2 is 1.20 bits per heavy atom. The smallest absolute Gasteiger partial charge is 2.00 e. The Hall–Kier alpha value is 0.543. The average molecular weight is 100 g/mol. The molecule has 0 saturated carbocycles. The first-order valence-corrected chi connectivity index (χ1v) is 1.22. The summed E-state index contributed by atoms with van der Waals surface area (Å²) in [4.78, 5) is 0. The first kappa shape index (κ1) is 17.7. The van der Waals surface area contributed by atoms with Crippen LogP contribution in [-0.2, 0) is 14.4 Å². The van der Waals surface area contributed by atoms with Crippen LogP contribution in [0.1, 0.15) is 0 Å². The van der Waals surface area contributed by atoms with Crippen molar-refractivity contribution in [1.29, 1.82) is 0 Å². The quantitative estimate of drug-likeness (QED) is 0.362. The van der Waals surface area contributed by atoms with Gasteiger partial charge in [-0.3, -0.25) is 8.92 Å². The number of rotatable bonds is 0. The molecule has 0 rings (SSSR count). The monoisotopic (exact) mass is 99.9 g/mol. The van der Waals surface area contributed by atoms with Gasteiger partial charge in [0.15, 0.2) is 0 Å². The van der Waals surface area contributed by atoms with E-state index in [0.717, 1.165) is 0 Å². The van der Waals surface area contributed by atoms with Crippen molar-refractivity contribution in [2.24, 2.45) is 0 Å². The first-order valence-electron chi connectivity index (χ1n) is 0.408. The molecule has 0 aromatic heterocycles. The molecule has 0 aliphatic carbocycles. The zero-order valence-corrected chi connectivity index (χ0v) is 4.85. The normalized spacial score (nSPS) is 1.60. The summed E-state index contributed by atoms with van der Waals surface area (Å²) in [5.41, 5.74) is 0. The minimum Gasteiger partial charge on any atom is -2.00 e. The third-order valence-corrected chi connectivity index (χ3v) is 0. The molecule has 0 spiro atoms. The van der Waals surface area contributed by atoms with E-state index in [0.29, 0.717) is 0 Å². The fraction of sp³-hybridized carbons (Fsp3) is 0. The molecule has 3 nitrogen and oxygen atoms in total. The van der Waals surface area contributed by atoms with Gasteiger partial charge in [0.1, 0.15) is 0 Å². The zero-order chi connectivity index (χ0) is 2.71. The predicted octanol–water partition coefficient (Wildman–Crippen LogP) is -1.12. The Kier molecular flexibility index (Phi) is 84.7. The van der Waals surface area contributed by atoms with Crippen LogP contribution in [0.4, 0.5) is 0 Å². The number of hydrogen-bond acceptors (Lipinski definition) is 2. The van der Waals surface area contributed by atoms with Crippen molar-refractivity contribution < 1.29 is 14.4 Å². The van der Waals surface area contributed by atoms with Crippen molar-refractivity contribution in [3.63, 3.8) is 0 Å². The van der Waals surface area contributed by atoms with Crippen LogP contribution in [0.15, 0.2) is 0 Å². The van der Waals surface area contributed by atoms with Crippen LogP contribution in [0, 0.1) is 0 Å². The summed E-state index contributed by atoms with van der Waals surface area (Å²) < 4.78 is 16.8. The second-order valence-electron chi connectivity index (χ2n) is 0.0833. The fourth-order valence-electron chi connectivity index (χ4n) is 0. The van der Waals surface area contributed by atoms with Crippen LogP contribution in [0.2, 0.25) is 0 Å². The van der Waals surface area contributed by atoms with Gasteiger partial charge in [-0.25, -0.2) is 0 Å². The van der Waals surface area contributed by atoms with E-state index in [1.54, 1.807) is 0 Å². The Morgan fingerprint density at radius 1 is 1.20 bits per heavy atom. The molecule has 0 unspecified atom stereocenters. The van der Waals surface area contributed by atoms with Crippen LogP contribution in [0.3, 0.4) is 0 Å². The standard InChI is InChI=1S/Mg.O2Si.O/c;1-3-2;/q+2;;-2. The predicted molar refractivity (Wildman–Crippen MR) is 13.6 cm³/mol. The minimum absolute atomic E-state index is 0. The second-order valence-corrected chi connectivity index (χ2v) is 0.250. The molecule has 5 heteroatoms. The Bertz CT molecular complexity index is 27.9. The Morgan fingerprint density at radius 3 is 1.20 bits per heavy atom. The summed E-state index contributed by atoms with van der Waals surface area (Å²) in [5, 5.41) is 0. The van der Waals surface area contributed by atoms with E-state index < -0.39 is 9.29 Å². The summed E-state index contributed by atoms with van der Waals surface area (Å²) in [5.74, 6) is 0. The van der Waals surface area contributed by atoms with E-state index in [-0.39, 0.29) is 28.5 Å². The van der Waals surface area contributed by atoms with E-state index >= 15 is 0 Å². The van der Waals surface area contributed by atoms with Gasteiger partial charge in [0.25, 0.3) is 0 Å². The van der Waals surface area contributed by atoms with Crippen molar-refractivity contribution in [2.45, 2.75) is 0 Å². The maximum absolute atomic E-state index is 8.40. The van der Waals surface area contributed by atoms with Crippen molar-refractivity contribution in [3.05, 3.63) is 0 Å². The van der Waals surface area contributed by atoms with E-state index in [2.05, 4.69) is 0 Å². The first-order chi connectivity index (χ1) is 1.41. The fourth-order valence-corrected chi connectivity index (χ4v) is 0. The molecule has 0 radical (unpaired) electrons. The Labute approximate surface area is 47.2 Å². The molecule has 0 heterocycles. The molecular weight excluding hydrogens is 100 g/mol. The molecule has 0 aliphatic rings. The van der Waals surface area contributed by atoms with Gasteiger partial charge in [-0.05, 0) is 0 Å². The van der Waals surface area contributed by atoms with E-state index in [1.165, 1.54) is 0 Å². The third-order valence-electron chi connectivity index (χ3n) is 0. The van der Waals surface area contributed by atoms with Crippen LogP contribution in [-0.4, -0.2) is 32.3 Å². The summed E-state index contributed by atoms with van der Waals surface area (Å²) in [6.07, 6.45) is 0. The van der Waals surface area contributed by atoms with Crippen molar-refractivity contribution in [1.82, 2.24) is 0 Å². The molecule has 5 heavy (non-hydrogen) atoms. The van der Waals surface area contributed by atoms with Gasteiger partial charge in [-0.1, -0.05) is 0 Å². The molecule has 0 amide bonds. The van der Waals surface area contributed by atoms with E-state index in [9.17, 15) is 0 Å². The summed E-state index contributed by atoms with van der Waals surface area (Å²) in [6, 6.07) is 0. The molecule has 0 aliphatic heterocycles. The molecular formula is MgO3Si. The van der Waals surface area contributed by atoms with Crippen LogP contribution in [0.5, 0.6) is 0 Å². The molecule has 0 N–H and O–H groups in total. The van der Waals surface area contributed by atoms with E-state index in [1.807, 2.05) is 0 Å². The summed E-state index contributed by atoms with van der Waals surface area (Å²) in [6.45, 7) is 0. The average Bonchev–Trinajstić information content (AvgIpc) is 0.918. The van der Waals surface area contributed by atoms with Crippen molar-refractivity contribution in [3.8, 4) is 0 Å². The summed E-state index contributed by atoms with van der Waals surface area (Å²) >= 11 is 0. The molecule has 24 valence electrons. The molecule has 0 bridgehead atoms. The molecule has 0 saturated heterocycles. The Balaban J connectivity index is -0.0000000200. The van der Waals surface area contributed by atoms with Crippen molar-refractivity contribution >= 4 is 32.3 Å². The molecule has 0 aromatic carbocycles. The largest absolute Gasteiger partial charge is 2.00 e. The molecule has 0 aromatic rings. The topological polar surface area (TPSA) is 62.6 Å². The van der Waals surface area contributed by atoms with Gasteiger partial charge in [-0.15, -0.1) is 0 Å². The van der Waals surface area contributed by atoms with E-state index in [4.69, 9.17) is 8.92 Å². The number of hydrogen-bond donors (Lipinski definition) is 0. The summed E-state index contributed by atoms with van der Waals surface area (Å²) in [7, 11) is -1.42. The SMILES string of the molecule is O=[Si]=O.[Mg+2].[O-2]. The maximum Gasteiger partial charge on any atom is 2.00 e. The van der Waals surface area contributed by atoms with Crippen LogP contribution in [0.25, 0.3) is 0 Å². The van der Waals surface area contributed by atoms with Gasteiger partial charge in [-0.2, -0.15) is 0 Å². The van der Waals surface area contributed by atoms with Gasteiger partial charge in [0, 0.05) is 0 Å². The molecule has 0 fully saturated rings. The zero-order valence-electron chi connectivity index (χ0n) is 2.43. The maximum atomic E-state index is 8.40. The van der Waals surface area contributed by atoms with Gasteiger partial charge in [0.2, 0.25) is 0 Å². The van der Waals surface area contributed by atoms with Gasteiger partial charge >= 0.3 is 32.3 Å². The third kappa shape index (κ3) is 99.6. The van der Waals surface area contributed by atoms with Crippen molar-refractivity contribution in [2.75, 3.05) is 0 Å². The van der Waals surface area contributed by atoms with Crippen LogP contribution >= 0.6 is 0 Å². The van der Waals surface area contributed by atoms with Crippen LogP contribution < -0.4 is 0 Å². The van der Waals surface area contributed by atoms with Gasteiger partial charge < -0.3 is 5.48 Å². The molecule has 0 atom stereocenters. The van der Waals surface area contributed by atoms with Gasteiger partial charge in [0.05, 0.1) is 0 Å².